The molecule has 0 saturated heterocycles. The summed E-state index contributed by atoms with van der Waals surface area (Å²) in [6.45, 7) is 3.35. The van der Waals surface area contributed by atoms with E-state index in [0.29, 0.717) is 11.8 Å². The molecule has 3 rings (SSSR count). The van der Waals surface area contributed by atoms with Crippen molar-refractivity contribution in [2.75, 3.05) is 0 Å². The SMILES string of the molecule is CC(=O)NC1=NN(C(C)=O)[C@H](c2ccc(OCc3ccccc3)cc2)S1. The first-order valence-electron chi connectivity index (χ1n) is 8.12. The molecule has 26 heavy (non-hydrogen) atoms. The summed E-state index contributed by atoms with van der Waals surface area (Å²) in [6.07, 6.45) is 0. The lowest BCUT2D eigenvalue weighted by Gasteiger charge is -2.19. The standard InChI is InChI=1S/C19H19N3O3S/c1-13(23)20-19-21-22(14(2)24)18(26-19)16-8-10-17(11-9-16)25-12-15-6-4-3-5-7-15/h3-11,18H,12H2,1-2H3,(H,20,21,23)/t18-/m0/s1. The van der Waals surface area contributed by atoms with Crippen molar-refractivity contribution in [2.24, 2.45) is 5.10 Å². The molecule has 0 bridgehead atoms. The second-order valence-corrected chi connectivity index (χ2v) is 6.83. The molecular formula is C19H19N3O3S. The number of thioether (sulfide) groups is 1. The summed E-state index contributed by atoms with van der Waals surface area (Å²) in [4.78, 5) is 23.1. The van der Waals surface area contributed by atoms with Crippen LogP contribution in [0.15, 0.2) is 59.7 Å². The lowest BCUT2D eigenvalue weighted by atomic mass is 10.2. The van der Waals surface area contributed by atoms with Crippen molar-refractivity contribution in [3.8, 4) is 5.75 Å². The fourth-order valence-corrected chi connectivity index (χ4v) is 3.59. The fraction of sp³-hybridized carbons (Fsp3) is 0.211. The summed E-state index contributed by atoms with van der Waals surface area (Å²) >= 11 is 1.33. The van der Waals surface area contributed by atoms with Crippen molar-refractivity contribution >= 4 is 28.7 Å². The Bertz CT molecular complexity index is 822. The largest absolute Gasteiger partial charge is 0.489 e. The predicted molar refractivity (Wildman–Crippen MR) is 101 cm³/mol. The normalized spacial score (nSPS) is 16.2. The van der Waals surface area contributed by atoms with Crippen LogP contribution in [-0.4, -0.2) is 22.0 Å². The van der Waals surface area contributed by atoms with Crippen LogP contribution in [-0.2, 0) is 16.2 Å². The molecule has 7 heteroatoms. The number of rotatable bonds is 4. The number of hydrogen-bond acceptors (Lipinski definition) is 5. The molecule has 0 fully saturated rings. The predicted octanol–water partition coefficient (Wildman–Crippen LogP) is 3.27. The zero-order valence-electron chi connectivity index (χ0n) is 14.5. The monoisotopic (exact) mass is 369 g/mol. The molecule has 0 saturated carbocycles. The third-order valence-electron chi connectivity index (χ3n) is 3.66. The molecule has 6 nitrogen and oxygen atoms in total. The summed E-state index contributed by atoms with van der Waals surface area (Å²) in [7, 11) is 0. The Balaban J connectivity index is 1.67. The highest BCUT2D eigenvalue weighted by atomic mass is 32.2. The molecule has 0 unspecified atom stereocenters. The number of ether oxygens (including phenoxy) is 1. The maximum Gasteiger partial charge on any atom is 0.241 e. The number of carbonyl (C=O) groups excluding carboxylic acids is 2. The Morgan fingerprint density at radius 1 is 1.12 bits per heavy atom. The van der Waals surface area contributed by atoms with Gasteiger partial charge in [-0.1, -0.05) is 54.2 Å². The molecule has 0 spiro atoms. The van der Waals surface area contributed by atoms with Gasteiger partial charge in [-0.2, -0.15) is 0 Å². The van der Waals surface area contributed by atoms with Gasteiger partial charge in [0.15, 0.2) is 5.17 Å². The van der Waals surface area contributed by atoms with Gasteiger partial charge in [0.25, 0.3) is 0 Å². The van der Waals surface area contributed by atoms with Crippen LogP contribution in [0.4, 0.5) is 0 Å². The second kappa shape index (κ2) is 8.05. The Labute approximate surface area is 156 Å². The number of nitrogens with one attached hydrogen (secondary N) is 1. The Hall–Kier alpha value is -2.80. The Kier molecular flexibility index (Phi) is 5.58. The molecule has 0 aliphatic carbocycles. The zero-order valence-corrected chi connectivity index (χ0v) is 15.3. The van der Waals surface area contributed by atoms with E-state index in [0.717, 1.165) is 16.9 Å². The van der Waals surface area contributed by atoms with E-state index in [-0.39, 0.29) is 17.2 Å². The Morgan fingerprint density at radius 3 is 2.42 bits per heavy atom. The van der Waals surface area contributed by atoms with Crippen molar-refractivity contribution in [3.63, 3.8) is 0 Å². The van der Waals surface area contributed by atoms with Gasteiger partial charge in [-0.3, -0.25) is 9.59 Å². The van der Waals surface area contributed by atoms with Gasteiger partial charge in [0.05, 0.1) is 0 Å². The molecule has 1 N–H and O–H groups in total. The zero-order chi connectivity index (χ0) is 18.5. The first-order chi connectivity index (χ1) is 12.5. The summed E-state index contributed by atoms with van der Waals surface area (Å²) in [5, 5.41) is 8.30. The average Bonchev–Trinajstić information content (AvgIpc) is 3.05. The van der Waals surface area contributed by atoms with Gasteiger partial charge in [0, 0.05) is 13.8 Å². The lowest BCUT2D eigenvalue weighted by molar-refractivity contribution is -0.129. The summed E-state index contributed by atoms with van der Waals surface area (Å²) in [6, 6.07) is 17.5. The van der Waals surface area contributed by atoms with Crippen LogP contribution in [0.2, 0.25) is 0 Å². The molecule has 2 amide bonds. The second-order valence-electron chi connectivity index (χ2n) is 5.76. The van der Waals surface area contributed by atoms with E-state index in [9.17, 15) is 9.59 Å². The van der Waals surface area contributed by atoms with E-state index in [2.05, 4.69) is 10.4 Å². The summed E-state index contributed by atoms with van der Waals surface area (Å²) in [5.41, 5.74) is 2.00. The van der Waals surface area contributed by atoms with Crippen LogP contribution in [0, 0.1) is 0 Å². The van der Waals surface area contributed by atoms with E-state index in [1.807, 2.05) is 54.6 Å². The van der Waals surface area contributed by atoms with Gasteiger partial charge in [0.1, 0.15) is 17.7 Å². The number of benzene rings is 2. The summed E-state index contributed by atoms with van der Waals surface area (Å²) < 4.78 is 5.78. The van der Waals surface area contributed by atoms with Crippen LogP contribution < -0.4 is 10.1 Å². The maximum atomic E-state index is 11.9. The highest BCUT2D eigenvalue weighted by Crippen LogP contribution is 2.39. The van der Waals surface area contributed by atoms with Crippen molar-refractivity contribution < 1.29 is 14.3 Å². The quantitative estimate of drug-likeness (QED) is 0.898. The molecule has 0 radical (unpaired) electrons. The van der Waals surface area contributed by atoms with Crippen LogP contribution in [0.5, 0.6) is 5.75 Å². The molecule has 134 valence electrons. The number of hydrazone groups is 1. The first kappa shape index (κ1) is 18.0. The highest BCUT2D eigenvalue weighted by molar-refractivity contribution is 8.14. The van der Waals surface area contributed by atoms with Crippen molar-refractivity contribution in [3.05, 3.63) is 65.7 Å². The molecule has 2 aromatic carbocycles. The molecule has 1 aliphatic rings. The highest BCUT2D eigenvalue weighted by Gasteiger charge is 2.32. The molecule has 1 heterocycles. The van der Waals surface area contributed by atoms with Crippen molar-refractivity contribution in [1.29, 1.82) is 0 Å². The minimum atomic E-state index is -0.308. The smallest absolute Gasteiger partial charge is 0.241 e. The van der Waals surface area contributed by atoms with Gasteiger partial charge in [-0.05, 0) is 23.3 Å². The molecular weight excluding hydrogens is 350 g/mol. The molecule has 2 aromatic rings. The van der Waals surface area contributed by atoms with Gasteiger partial charge in [0.2, 0.25) is 11.8 Å². The van der Waals surface area contributed by atoms with Crippen molar-refractivity contribution in [1.82, 2.24) is 10.3 Å². The van der Waals surface area contributed by atoms with Crippen LogP contribution >= 0.6 is 11.8 Å². The van der Waals surface area contributed by atoms with Crippen LogP contribution in [0.3, 0.4) is 0 Å². The molecule has 0 aromatic heterocycles. The molecule has 1 atom stereocenters. The fourth-order valence-electron chi connectivity index (χ4n) is 2.45. The van der Waals surface area contributed by atoms with E-state index >= 15 is 0 Å². The minimum absolute atomic E-state index is 0.188. The van der Waals surface area contributed by atoms with E-state index < -0.39 is 0 Å². The number of hydrogen-bond donors (Lipinski definition) is 1. The number of nitrogens with zero attached hydrogens (tertiary/aromatic N) is 2. The first-order valence-corrected chi connectivity index (χ1v) is 9.00. The average molecular weight is 369 g/mol. The van der Waals surface area contributed by atoms with E-state index in [1.165, 1.54) is 30.6 Å². The number of amidine groups is 1. The molecule has 1 aliphatic heterocycles. The third kappa shape index (κ3) is 4.43. The van der Waals surface area contributed by atoms with Gasteiger partial charge in [-0.25, -0.2) is 5.01 Å². The van der Waals surface area contributed by atoms with Gasteiger partial charge >= 0.3 is 0 Å². The number of amides is 2. The number of carbonyl (C=O) groups is 2. The van der Waals surface area contributed by atoms with E-state index in [1.54, 1.807) is 0 Å². The minimum Gasteiger partial charge on any atom is -0.489 e. The van der Waals surface area contributed by atoms with Crippen LogP contribution in [0.1, 0.15) is 30.3 Å². The summed E-state index contributed by atoms with van der Waals surface area (Å²) in [5.74, 6) is 0.343. The van der Waals surface area contributed by atoms with E-state index in [4.69, 9.17) is 4.74 Å². The lowest BCUT2D eigenvalue weighted by Crippen LogP contribution is -2.25. The van der Waals surface area contributed by atoms with Gasteiger partial charge < -0.3 is 10.1 Å². The topological polar surface area (TPSA) is 71.0 Å². The van der Waals surface area contributed by atoms with Crippen LogP contribution in [0.25, 0.3) is 0 Å². The van der Waals surface area contributed by atoms with Gasteiger partial charge in [-0.15, -0.1) is 5.10 Å². The third-order valence-corrected chi connectivity index (χ3v) is 4.77. The Morgan fingerprint density at radius 2 is 1.81 bits per heavy atom. The van der Waals surface area contributed by atoms with Crippen molar-refractivity contribution in [2.45, 2.75) is 25.8 Å². The maximum absolute atomic E-state index is 11.9.